The Bertz CT molecular complexity index is 729. The summed E-state index contributed by atoms with van der Waals surface area (Å²) in [6.45, 7) is 5.09. The fourth-order valence-electron chi connectivity index (χ4n) is 1.91. The fourth-order valence-corrected chi connectivity index (χ4v) is 2.84. The van der Waals surface area contributed by atoms with E-state index in [9.17, 15) is 14.4 Å². The van der Waals surface area contributed by atoms with E-state index in [0.29, 0.717) is 5.56 Å². The summed E-state index contributed by atoms with van der Waals surface area (Å²) in [6.07, 6.45) is 1.21. The quantitative estimate of drug-likeness (QED) is 0.0944. The molecule has 0 fully saturated rings. The van der Waals surface area contributed by atoms with E-state index in [-0.39, 0.29) is 42.4 Å². The lowest BCUT2D eigenvalue weighted by atomic mass is 10.1. The molecule has 0 atom stereocenters. The van der Waals surface area contributed by atoms with Gasteiger partial charge in [0.15, 0.2) is 0 Å². The van der Waals surface area contributed by atoms with Gasteiger partial charge in [-0.2, -0.15) is 0 Å². The number of hydrogen-bond acceptors (Lipinski definition) is 8. The molecule has 140 valence electrons. The zero-order valence-electron chi connectivity index (χ0n) is 14.7. The summed E-state index contributed by atoms with van der Waals surface area (Å²) in [6, 6.07) is 0. The van der Waals surface area contributed by atoms with Crippen LogP contribution in [0.1, 0.15) is 41.6 Å². The van der Waals surface area contributed by atoms with Crippen molar-refractivity contribution < 1.29 is 28.6 Å². The van der Waals surface area contributed by atoms with E-state index in [1.165, 1.54) is 6.08 Å². The molecular weight excluding hydrogens is 362 g/mol. The van der Waals surface area contributed by atoms with Crippen LogP contribution in [0.3, 0.4) is 0 Å². The van der Waals surface area contributed by atoms with Crippen molar-refractivity contribution in [2.75, 3.05) is 19.8 Å². The van der Waals surface area contributed by atoms with E-state index < -0.39 is 17.9 Å². The molecule has 1 aromatic heterocycles. The van der Waals surface area contributed by atoms with Gasteiger partial charge < -0.3 is 14.2 Å². The molecule has 0 saturated carbocycles. The van der Waals surface area contributed by atoms with Gasteiger partial charge in [-0.1, -0.05) is 5.11 Å². The summed E-state index contributed by atoms with van der Waals surface area (Å²) in [5, 5.41) is 5.06. The van der Waals surface area contributed by atoms with Crippen LogP contribution in [0.25, 0.3) is 16.5 Å². The van der Waals surface area contributed by atoms with E-state index in [4.69, 9.17) is 19.7 Å². The highest BCUT2D eigenvalue weighted by molar-refractivity contribution is 7.12. The Kier molecular flexibility index (Phi) is 8.90. The molecule has 1 heterocycles. The summed E-state index contributed by atoms with van der Waals surface area (Å²) in [5.74, 6) is -2.36. The standard InChI is InChI=1S/C16H19N3O6S/c1-4-23-14(20)12(15(21)24-5-2)7-11-10(8-18-19-17)9-26-13(11)16(22)25-6-3/h7,9H,4-6,8H2,1-3H3. The van der Waals surface area contributed by atoms with Gasteiger partial charge in [0.25, 0.3) is 0 Å². The maximum atomic E-state index is 12.1. The van der Waals surface area contributed by atoms with Crippen molar-refractivity contribution in [2.24, 2.45) is 5.11 Å². The van der Waals surface area contributed by atoms with E-state index in [1.807, 2.05) is 0 Å². The van der Waals surface area contributed by atoms with E-state index in [1.54, 1.807) is 26.2 Å². The highest BCUT2D eigenvalue weighted by Gasteiger charge is 2.25. The third-order valence-corrected chi connectivity index (χ3v) is 3.98. The summed E-state index contributed by atoms with van der Waals surface area (Å²) in [5.41, 5.74) is 8.90. The van der Waals surface area contributed by atoms with Crippen LogP contribution in [0.4, 0.5) is 0 Å². The van der Waals surface area contributed by atoms with Crippen LogP contribution in [-0.2, 0) is 30.3 Å². The summed E-state index contributed by atoms with van der Waals surface area (Å²) >= 11 is 1.06. The van der Waals surface area contributed by atoms with Crippen molar-refractivity contribution in [3.63, 3.8) is 0 Å². The molecule has 0 aliphatic rings. The Morgan fingerprint density at radius 1 is 1.12 bits per heavy atom. The highest BCUT2D eigenvalue weighted by atomic mass is 32.1. The number of thiophene rings is 1. The van der Waals surface area contributed by atoms with Gasteiger partial charge in [0, 0.05) is 10.5 Å². The first kappa shape index (κ1) is 21.2. The molecule has 0 saturated heterocycles. The van der Waals surface area contributed by atoms with Crippen molar-refractivity contribution in [1.29, 1.82) is 0 Å². The molecule has 0 unspecified atom stereocenters. The zero-order valence-corrected chi connectivity index (χ0v) is 15.5. The molecule has 0 N–H and O–H groups in total. The highest BCUT2D eigenvalue weighted by Crippen LogP contribution is 2.27. The van der Waals surface area contributed by atoms with E-state index in [2.05, 4.69) is 10.0 Å². The van der Waals surface area contributed by atoms with Crippen molar-refractivity contribution in [3.05, 3.63) is 37.4 Å². The van der Waals surface area contributed by atoms with Crippen LogP contribution >= 0.6 is 11.3 Å². The summed E-state index contributed by atoms with van der Waals surface area (Å²) in [7, 11) is 0. The Hall–Kier alpha value is -2.84. The van der Waals surface area contributed by atoms with Gasteiger partial charge in [0.2, 0.25) is 0 Å². The zero-order chi connectivity index (χ0) is 19.5. The second kappa shape index (κ2) is 10.9. The second-order valence-corrected chi connectivity index (χ2v) is 5.49. The molecule has 0 aliphatic heterocycles. The van der Waals surface area contributed by atoms with Gasteiger partial charge in [-0.15, -0.1) is 11.3 Å². The molecule has 26 heavy (non-hydrogen) atoms. The third kappa shape index (κ3) is 5.61. The van der Waals surface area contributed by atoms with Gasteiger partial charge in [0.05, 0.1) is 26.4 Å². The Morgan fingerprint density at radius 2 is 1.69 bits per heavy atom. The van der Waals surface area contributed by atoms with Crippen LogP contribution in [0, 0.1) is 0 Å². The number of carbonyl (C=O) groups is 3. The predicted molar refractivity (Wildman–Crippen MR) is 94.4 cm³/mol. The van der Waals surface area contributed by atoms with Crippen molar-refractivity contribution in [2.45, 2.75) is 27.3 Å². The first-order valence-electron chi connectivity index (χ1n) is 7.84. The Labute approximate surface area is 154 Å². The van der Waals surface area contributed by atoms with Crippen LogP contribution in [0.15, 0.2) is 16.1 Å². The minimum atomic E-state index is -0.873. The normalized spacial score (nSPS) is 9.65. The lowest BCUT2D eigenvalue weighted by molar-refractivity contribution is -0.146. The smallest absolute Gasteiger partial charge is 0.348 e. The minimum absolute atomic E-state index is 0.0584. The maximum absolute atomic E-state index is 12.1. The van der Waals surface area contributed by atoms with E-state index in [0.717, 1.165) is 11.3 Å². The number of hydrogen-bond donors (Lipinski definition) is 0. The monoisotopic (exact) mass is 381 g/mol. The Morgan fingerprint density at radius 3 is 2.19 bits per heavy atom. The molecule has 1 rings (SSSR count). The largest absolute Gasteiger partial charge is 0.462 e. The second-order valence-electron chi connectivity index (χ2n) is 4.61. The van der Waals surface area contributed by atoms with Crippen molar-refractivity contribution in [3.8, 4) is 0 Å². The Balaban J connectivity index is 3.48. The topological polar surface area (TPSA) is 128 Å². The number of ether oxygens (including phenoxy) is 3. The van der Waals surface area contributed by atoms with Crippen LogP contribution in [-0.4, -0.2) is 37.7 Å². The lowest BCUT2D eigenvalue weighted by Gasteiger charge is -2.08. The molecule has 10 heteroatoms. The number of carbonyl (C=O) groups excluding carboxylic acids is 3. The lowest BCUT2D eigenvalue weighted by Crippen LogP contribution is -2.18. The first-order valence-corrected chi connectivity index (χ1v) is 8.72. The predicted octanol–water partition coefficient (Wildman–Crippen LogP) is 3.24. The fraction of sp³-hybridized carbons (Fsp3) is 0.438. The molecule has 9 nitrogen and oxygen atoms in total. The van der Waals surface area contributed by atoms with Gasteiger partial charge in [0.1, 0.15) is 10.5 Å². The van der Waals surface area contributed by atoms with Crippen molar-refractivity contribution in [1.82, 2.24) is 0 Å². The van der Waals surface area contributed by atoms with Gasteiger partial charge >= 0.3 is 17.9 Å². The van der Waals surface area contributed by atoms with E-state index >= 15 is 0 Å². The third-order valence-electron chi connectivity index (χ3n) is 2.95. The number of nitrogens with zero attached hydrogens (tertiary/aromatic N) is 3. The first-order chi connectivity index (χ1) is 12.5. The van der Waals surface area contributed by atoms with Gasteiger partial charge in [-0.25, -0.2) is 14.4 Å². The number of rotatable bonds is 9. The number of esters is 3. The van der Waals surface area contributed by atoms with Crippen LogP contribution in [0.2, 0.25) is 0 Å². The van der Waals surface area contributed by atoms with Gasteiger partial charge in [-0.05, 0) is 43.3 Å². The molecule has 0 spiro atoms. The molecule has 0 aromatic carbocycles. The summed E-state index contributed by atoms with van der Waals surface area (Å²) < 4.78 is 14.8. The molecule has 0 amide bonds. The average molecular weight is 381 g/mol. The van der Waals surface area contributed by atoms with Crippen molar-refractivity contribution >= 4 is 35.3 Å². The maximum Gasteiger partial charge on any atom is 0.348 e. The van der Waals surface area contributed by atoms with Crippen LogP contribution < -0.4 is 0 Å². The molecule has 1 aromatic rings. The average Bonchev–Trinajstić information content (AvgIpc) is 3.00. The van der Waals surface area contributed by atoms with Crippen LogP contribution in [0.5, 0.6) is 0 Å². The SMILES string of the molecule is CCOC(=O)C(=Cc1c(CN=[N+]=[N-])csc1C(=O)OCC)C(=O)OCC. The molecular formula is C16H19N3O6S. The molecule has 0 bridgehead atoms. The number of azide groups is 1. The summed E-state index contributed by atoms with van der Waals surface area (Å²) in [4.78, 5) is 39.3. The van der Waals surface area contributed by atoms with Gasteiger partial charge in [-0.3, -0.25) is 0 Å². The molecule has 0 aliphatic carbocycles. The molecule has 0 radical (unpaired) electrons. The minimum Gasteiger partial charge on any atom is -0.462 e.